The second-order valence-electron chi connectivity index (χ2n) is 3.87. The van der Waals surface area contributed by atoms with Crippen molar-refractivity contribution < 1.29 is 8.91 Å². The third-order valence-corrected chi connectivity index (χ3v) is 2.67. The molecule has 0 radical (unpaired) electrons. The molecule has 0 saturated carbocycles. The van der Waals surface area contributed by atoms with Crippen LogP contribution in [-0.2, 0) is 6.54 Å². The lowest BCUT2D eigenvalue weighted by Gasteiger charge is -1.99. The van der Waals surface area contributed by atoms with Crippen molar-refractivity contribution in [3.05, 3.63) is 41.3 Å². The minimum atomic E-state index is -0.251. The Morgan fingerprint density at radius 2 is 2.00 bits per heavy atom. The first-order chi connectivity index (χ1) is 8.22. The van der Waals surface area contributed by atoms with Gasteiger partial charge in [-0.3, -0.25) is 0 Å². The monoisotopic (exact) mass is 234 g/mol. The topological polar surface area (TPSA) is 38.1 Å². The molecule has 90 valence electrons. The lowest BCUT2D eigenvalue weighted by atomic mass is 10.1. The van der Waals surface area contributed by atoms with Gasteiger partial charge >= 0.3 is 0 Å². The Morgan fingerprint density at radius 1 is 1.29 bits per heavy atom. The number of nitrogens with one attached hydrogen (secondary N) is 1. The Balaban J connectivity index is 2.27. The van der Waals surface area contributed by atoms with Crippen molar-refractivity contribution in [1.29, 1.82) is 0 Å². The van der Waals surface area contributed by atoms with Crippen LogP contribution >= 0.6 is 0 Å². The van der Waals surface area contributed by atoms with Gasteiger partial charge in [0.25, 0.3) is 0 Å². The van der Waals surface area contributed by atoms with E-state index < -0.39 is 0 Å². The molecule has 0 unspecified atom stereocenters. The molecular formula is C13H15FN2O. The van der Waals surface area contributed by atoms with Crippen molar-refractivity contribution in [2.75, 3.05) is 6.54 Å². The first kappa shape index (κ1) is 11.8. The van der Waals surface area contributed by atoms with Gasteiger partial charge in [0.05, 0.1) is 0 Å². The van der Waals surface area contributed by atoms with Gasteiger partial charge in [-0.25, -0.2) is 4.39 Å². The quantitative estimate of drug-likeness (QED) is 0.884. The summed E-state index contributed by atoms with van der Waals surface area (Å²) in [7, 11) is 0. The summed E-state index contributed by atoms with van der Waals surface area (Å²) in [6.07, 6.45) is 0. The highest BCUT2D eigenvalue weighted by atomic mass is 19.1. The van der Waals surface area contributed by atoms with Crippen LogP contribution in [0.15, 0.2) is 28.8 Å². The number of benzene rings is 1. The Labute approximate surface area is 99.6 Å². The van der Waals surface area contributed by atoms with Gasteiger partial charge in [-0.2, -0.15) is 0 Å². The van der Waals surface area contributed by atoms with Crippen LogP contribution in [0.3, 0.4) is 0 Å². The number of halogens is 1. The molecule has 2 aromatic rings. The number of rotatable bonds is 4. The van der Waals surface area contributed by atoms with E-state index in [2.05, 4.69) is 10.5 Å². The second-order valence-corrected chi connectivity index (χ2v) is 3.87. The van der Waals surface area contributed by atoms with E-state index in [-0.39, 0.29) is 5.82 Å². The normalized spacial score (nSPS) is 10.8. The van der Waals surface area contributed by atoms with Gasteiger partial charge in [0.2, 0.25) is 0 Å². The molecule has 17 heavy (non-hydrogen) atoms. The Morgan fingerprint density at radius 3 is 2.65 bits per heavy atom. The minimum Gasteiger partial charge on any atom is -0.356 e. The van der Waals surface area contributed by atoms with Gasteiger partial charge in [0, 0.05) is 17.7 Å². The average molecular weight is 234 g/mol. The van der Waals surface area contributed by atoms with Crippen LogP contribution in [0.1, 0.15) is 18.2 Å². The van der Waals surface area contributed by atoms with Crippen LogP contribution in [0.4, 0.5) is 4.39 Å². The lowest BCUT2D eigenvalue weighted by Crippen LogP contribution is -2.12. The number of aromatic nitrogens is 1. The Kier molecular flexibility index (Phi) is 3.54. The van der Waals surface area contributed by atoms with Gasteiger partial charge in [0.1, 0.15) is 11.5 Å². The summed E-state index contributed by atoms with van der Waals surface area (Å²) in [5, 5.41) is 7.22. The van der Waals surface area contributed by atoms with Gasteiger partial charge in [-0.15, -0.1) is 0 Å². The Bertz CT molecular complexity index is 491. The molecule has 0 spiro atoms. The van der Waals surface area contributed by atoms with E-state index >= 15 is 0 Å². The first-order valence-electron chi connectivity index (χ1n) is 5.64. The van der Waals surface area contributed by atoms with Gasteiger partial charge in [-0.05, 0) is 37.7 Å². The van der Waals surface area contributed by atoms with E-state index in [1.165, 1.54) is 12.1 Å². The molecule has 0 aliphatic carbocycles. The third-order valence-electron chi connectivity index (χ3n) is 2.67. The van der Waals surface area contributed by atoms with Crippen molar-refractivity contribution in [2.45, 2.75) is 20.4 Å². The SMILES string of the molecule is CCNCc1noc(-c2ccc(F)cc2)c1C. The Hall–Kier alpha value is -1.68. The van der Waals surface area contributed by atoms with Crippen LogP contribution in [0.25, 0.3) is 11.3 Å². The van der Waals surface area contributed by atoms with E-state index in [4.69, 9.17) is 4.52 Å². The van der Waals surface area contributed by atoms with Crippen molar-refractivity contribution in [3.8, 4) is 11.3 Å². The second kappa shape index (κ2) is 5.10. The molecular weight excluding hydrogens is 219 g/mol. The number of hydrogen-bond donors (Lipinski definition) is 1. The number of nitrogens with zero attached hydrogens (tertiary/aromatic N) is 1. The summed E-state index contributed by atoms with van der Waals surface area (Å²) >= 11 is 0. The fraction of sp³-hybridized carbons (Fsp3) is 0.308. The molecule has 0 aliphatic rings. The van der Waals surface area contributed by atoms with E-state index in [0.29, 0.717) is 12.3 Å². The average Bonchev–Trinajstić information content (AvgIpc) is 2.69. The number of hydrogen-bond acceptors (Lipinski definition) is 3. The maximum Gasteiger partial charge on any atom is 0.170 e. The van der Waals surface area contributed by atoms with Crippen molar-refractivity contribution >= 4 is 0 Å². The summed E-state index contributed by atoms with van der Waals surface area (Å²) in [5.41, 5.74) is 2.74. The van der Waals surface area contributed by atoms with Gasteiger partial charge in [-0.1, -0.05) is 12.1 Å². The molecule has 1 heterocycles. The maximum atomic E-state index is 12.8. The summed E-state index contributed by atoms with van der Waals surface area (Å²) in [6.45, 7) is 5.57. The van der Waals surface area contributed by atoms with E-state index in [1.807, 2.05) is 13.8 Å². The van der Waals surface area contributed by atoms with Gasteiger partial charge < -0.3 is 9.84 Å². The van der Waals surface area contributed by atoms with Crippen LogP contribution in [0.5, 0.6) is 0 Å². The zero-order valence-electron chi connectivity index (χ0n) is 9.96. The summed E-state index contributed by atoms with van der Waals surface area (Å²) in [4.78, 5) is 0. The zero-order chi connectivity index (χ0) is 12.3. The predicted molar refractivity (Wildman–Crippen MR) is 64.0 cm³/mol. The molecule has 0 amide bonds. The molecule has 0 aliphatic heterocycles. The van der Waals surface area contributed by atoms with Crippen molar-refractivity contribution in [2.24, 2.45) is 0 Å². The lowest BCUT2D eigenvalue weighted by molar-refractivity contribution is 0.420. The van der Waals surface area contributed by atoms with Crippen LogP contribution in [0.2, 0.25) is 0 Å². The molecule has 2 rings (SSSR count). The molecule has 0 atom stereocenters. The fourth-order valence-corrected chi connectivity index (χ4v) is 1.65. The van der Waals surface area contributed by atoms with Crippen LogP contribution < -0.4 is 5.32 Å². The summed E-state index contributed by atoms with van der Waals surface area (Å²) in [5.74, 6) is 0.455. The smallest absolute Gasteiger partial charge is 0.170 e. The zero-order valence-corrected chi connectivity index (χ0v) is 9.96. The molecule has 0 saturated heterocycles. The third kappa shape index (κ3) is 2.53. The first-order valence-corrected chi connectivity index (χ1v) is 5.64. The standard InChI is InChI=1S/C13H15FN2O/c1-3-15-8-12-9(2)13(17-16-12)10-4-6-11(14)7-5-10/h4-7,15H,3,8H2,1-2H3. The molecule has 1 aromatic heterocycles. The van der Waals surface area contributed by atoms with E-state index in [1.54, 1.807) is 12.1 Å². The molecule has 3 nitrogen and oxygen atoms in total. The predicted octanol–water partition coefficient (Wildman–Crippen LogP) is 2.90. The largest absolute Gasteiger partial charge is 0.356 e. The van der Waals surface area contributed by atoms with Crippen molar-refractivity contribution in [1.82, 2.24) is 10.5 Å². The van der Waals surface area contributed by atoms with Crippen molar-refractivity contribution in [3.63, 3.8) is 0 Å². The maximum absolute atomic E-state index is 12.8. The summed E-state index contributed by atoms with van der Waals surface area (Å²) < 4.78 is 18.1. The molecule has 0 fully saturated rings. The van der Waals surface area contributed by atoms with Crippen LogP contribution in [0, 0.1) is 12.7 Å². The fourth-order valence-electron chi connectivity index (χ4n) is 1.65. The minimum absolute atomic E-state index is 0.251. The summed E-state index contributed by atoms with van der Waals surface area (Å²) in [6, 6.07) is 6.22. The molecule has 4 heteroatoms. The van der Waals surface area contributed by atoms with E-state index in [9.17, 15) is 4.39 Å². The van der Waals surface area contributed by atoms with E-state index in [0.717, 1.165) is 23.4 Å². The van der Waals surface area contributed by atoms with Crippen LogP contribution in [-0.4, -0.2) is 11.7 Å². The van der Waals surface area contributed by atoms with Gasteiger partial charge in [0.15, 0.2) is 5.76 Å². The highest BCUT2D eigenvalue weighted by Gasteiger charge is 2.13. The molecule has 1 aromatic carbocycles. The molecule has 0 bridgehead atoms. The highest BCUT2D eigenvalue weighted by molar-refractivity contribution is 5.61. The molecule has 1 N–H and O–H groups in total. The highest BCUT2D eigenvalue weighted by Crippen LogP contribution is 2.25.